The molecule has 41 heavy (non-hydrogen) atoms. The molecular formula is C31H33N3O6S. The predicted octanol–water partition coefficient (Wildman–Crippen LogP) is 5.19. The van der Waals surface area contributed by atoms with Crippen LogP contribution in [0.25, 0.3) is 0 Å². The second-order valence-electron chi connectivity index (χ2n) is 9.34. The molecule has 3 aromatic carbocycles. The SMILES string of the molecule is CCCOc1ccc(NC(=O)CC2C(=O)N(c3ccc(C(=O)OCC)cc3)C(=S)N2Cc2ccc(OC)cc2)cc1. The van der Waals surface area contributed by atoms with Crippen LogP contribution in [0.15, 0.2) is 72.8 Å². The van der Waals surface area contributed by atoms with Crippen LogP contribution < -0.4 is 19.7 Å². The fraction of sp³-hybridized carbons (Fsp3) is 0.290. The molecule has 1 heterocycles. The van der Waals surface area contributed by atoms with Crippen LogP contribution in [-0.2, 0) is 20.9 Å². The Hall–Kier alpha value is -4.44. The first-order valence-corrected chi connectivity index (χ1v) is 13.8. The molecule has 0 spiro atoms. The summed E-state index contributed by atoms with van der Waals surface area (Å²) in [6.07, 6.45) is 0.788. The molecule has 3 aromatic rings. The Kier molecular flexibility index (Phi) is 9.91. The second kappa shape index (κ2) is 13.8. The van der Waals surface area contributed by atoms with Crippen molar-refractivity contribution in [3.63, 3.8) is 0 Å². The predicted molar refractivity (Wildman–Crippen MR) is 160 cm³/mol. The highest BCUT2D eigenvalue weighted by atomic mass is 32.1. The van der Waals surface area contributed by atoms with E-state index < -0.39 is 12.0 Å². The van der Waals surface area contributed by atoms with Crippen LogP contribution in [0.1, 0.15) is 42.6 Å². The largest absolute Gasteiger partial charge is 0.497 e. The number of thiocarbonyl (C=S) groups is 1. The van der Waals surface area contributed by atoms with Crippen molar-refractivity contribution in [3.05, 3.63) is 83.9 Å². The van der Waals surface area contributed by atoms with Crippen LogP contribution in [0.5, 0.6) is 11.5 Å². The number of amides is 2. The van der Waals surface area contributed by atoms with Gasteiger partial charge in [0.1, 0.15) is 17.5 Å². The van der Waals surface area contributed by atoms with Gasteiger partial charge < -0.3 is 24.4 Å². The Morgan fingerprint density at radius 2 is 1.59 bits per heavy atom. The van der Waals surface area contributed by atoms with E-state index in [1.807, 2.05) is 31.2 Å². The summed E-state index contributed by atoms with van der Waals surface area (Å²) in [5.74, 6) is 0.323. The van der Waals surface area contributed by atoms with Gasteiger partial charge in [-0.15, -0.1) is 0 Å². The minimum Gasteiger partial charge on any atom is -0.497 e. The third-order valence-electron chi connectivity index (χ3n) is 6.46. The minimum absolute atomic E-state index is 0.110. The van der Waals surface area contributed by atoms with Gasteiger partial charge in [-0.05, 0) is 91.8 Å². The van der Waals surface area contributed by atoms with Crippen molar-refractivity contribution >= 4 is 46.5 Å². The van der Waals surface area contributed by atoms with Crippen LogP contribution in [-0.4, -0.2) is 54.2 Å². The smallest absolute Gasteiger partial charge is 0.338 e. The molecule has 1 atom stereocenters. The number of hydrogen-bond acceptors (Lipinski definition) is 7. The highest BCUT2D eigenvalue weighted by Gasteiger charge is 2.44. The van der Waals surface area contributed by atoms with E-state index in [-0.39, 0.29) is 30.0 Å². The number of ether oxygens (including phenoxy) is 3. The molecular weight excluding hydrogens is 542 g/mol. The van der Waals surface area contributed by atoms with Crippen LogP contribution in [0.2, 0.25) is 0 Å². The van der Waals surface area contributed by atoms with Gasteiger partial charge >= 0.3 is 5.97 Å². The molecule has 0 aliphatic carbocycles. The number of carbonyl (C=O) groups is 3. The van der Waals surface area contributed by atoms with E-state index in [0.717, 1.165) is 17.7 Å². The fourth-order valence-corrected chi connectivity index (χ4v) is 4.77. The van der Waals surface area contributed by atoms with Gasteiger partial charge in [-0.3, -0.25) is 14.5 Å². The van der Waals surface area contributed by atoms with Crippen molar-refractivity contribution in [2.75, 3.05) is 30.5 Å². The molecule has 214 valence electrons. The first-order valence-electron chi connectivity index (χ1n) is 13.4. The van der Waals surface area contributed by atoms with Crippen molar-refractivity contribution in [3.8, 4) is 11.5 Å². The number of anilines is 2. The molecule has 1 saturated heterocycles. The Morgan fingerprint density at radius 3 is 2.20 bits per heavy atom. The first kappa shape index (κ1) is 29.5. The van der Waals surface area contributed by atoms with Crippen molar-refractivity contribution in [1.82, 2.24) is 4.90 Å². The molecule has 1 aliphatic heterocycles. The molecule has 9 nitrogen and oxygen atoms in total. The summed E-state index contributed by atoms with van der Waals surface area (Å²) in [5, 5.41) is 3.14. The van der Waals surface area contributed by atoms with E-state index in [1.54, 1.807) is 67.5 Å². The van der Waals surface area contributed by atoms with Gasteiger partial charge in [0.05, 0.1) is 38.0 Å². The van der Waals surface area contributed by atoms with Gasteiger partial charge in [-0.2, -0.15) is 0 Å². The van der Waals surface area contributed by atoms with E-state index in [9.17, 15) is 14.4 Å². The lowest BCUT2D eigenvalue weighted by atomic mass is 10.1. The lowest BCUT2D eigenvalue weighted by Gasteiger charge is -2.24. The van der Waals surface area contributed by atoms with E-state index >= 15 is 0 Å². The summed E-state index contributed by atoms with van der Waals surface area (Å²) < 4.78 is 15.9. The Morgan fingerprint density at radius 1 is 0.927 bits per heavy atom. The third kappa shape index (κ3) is 7.20. The molecule has 1 N–H and O–H groups in total. The fourth-order valence-electron chi connectivity index (χ4n) is 4.38. The molecule has 2 amide bonds. The van der Waals surface area contributed by atoms with Gasteiger partial charge in [0, 0.05) is 12.2 Å². The van der Waals surface area contributed by atoms with Crippen LogP contribution in [0.3, 0.4) is 0 Å². The molecule has 0 bridgehead atoms. The molecule has 0 aromatic heterocycles. The summed E-state index contributed by atoms with van der Waals surface area (Å²) in [6.45, 7) is 4.95. The molecule has 0 radical (unpaired) electrons. The maximum atomic E-state index is 13.8. The van der Waals surface area contributed by atoms with E-state index in [4.69, 9.17) is 26.4 Å². The quantitative estimate of drug-likeness (QED) is 0.233. The number of esters is 1. The number of carbonyl (C=O) groups excluding carboxylic acids is 3. The number of hydrogen-bond donors (Lipinski definition) is 1. The monoisotopic (exact) mass is 575 g/mol. The zero-order valence-corrected chi connectivity index (χ0v) is 24.1. The number of rotatable bonds is 12. The zero-order valence-electron chi connectivity index (χ0n) is 23.3. The third-order valence-corrected chi connectivity index (χ3v) is 6.87. The van der Waals surface area contributed by atoms with Gasteiger partial charge in [0.15, 0.2) is 5.11 Å². The zero-order chi connectivity index (χ0) is 29.4. The summed E-state index contributed by atoms with van der Waals surface area (Å²) in [4.78, 5) is 42.1. The maximum Gasteiger partial charge on any atom is 0.338 e. The standard InChI is InChI=1S/C31H33N3O6S/c1-4-18-40-26-16-10-23(11-17-26)32-28(35)19-27-29(36)34(24-12-8-22(9-13-24)30(37)39-5-2)31(41)33(27)20-21-6-14-25(38-3)15-7-21/h6-17,27H,4-5,18-20H2,1-3H3,(H,32,35). The van der Waals surface area contributed by atoms with E-state index in [0.29, 0.717) is 35.8 Å². The highest BCUT2D eigenvalue weighted by molar-refractivity contribution is 7.80. The molecule has 1 fully saturated rings. The summed E-state index contributed by atoms with van der Waals surface area (Å²) >= 11 is 5.77. The van der Waals surface area contributed by atoms with Gasteiger partial charge in [-0.25, -0.2) is 4.79 Å². The van der Waals surface area contributed by atoms with Gasteiger partial charge in [0.2, 0.25) is 5.91 Å². The number of methoxy groups -OCH3 is 1. The molecule has 4 rings (SSSR count). The van der Waals surface area contributed by atoms with Crippen molar-refractivity contribution in [1.29, 1.82) is 0 Å². The summed E-state index contributed by atoms with van der Waals surface area (Å²) in [7, 11) is 1.59. The minimum atomic E-state index is -0.832. The molecule has 10 heteroatoms. The van der Waals surface area contributed by atoms with E-state index in [2.05, 4.69) is 5.32 Å². The number of benzene rings is 3. The van der Waals surface area contributed by atoms with Crippen LogP contribution in [0, 0.1) is 0 Å². The maximum absolute atomic E-state index is 13.8. The van der Waals surface area contributed by atoms with Crippen molar-refractivity contribution in [2.24, 2.45) is 0 Å². The molecule has 1 aliphatic rings. The average molecular weight is 576 g/mol. The molecule has 0 saturated carbocycles. The van der Waals surface area contributed by atoms with Crippen molar-refractivity contribution < 1.29 is 28.6 Å². The van der Waals surface area contributed by atoms with Crippen molar-refractivity contribution in [2.45, 2.75) is 39.3 Å². The van der Waals surface area contributed by atoms with Crippen LogP contribution >= 0.6 is 12.2 Å². The second-order valence-corrected chi connectivity index (χ2v) is 9.71. The Labute approximate surface area is 245 Å². The average Bonchev–Trinajstić information content (AvgIpc) is 3.21. The Balaban J connectivity index is 1.55. The summed E-state index contributed by atoms with van der Waals surface area (Å²) in [5.41, 5.74) is 2.36. The topological polar surface area (TPSA) is 97.4 Å². The van der Waals surface area contributed by atoms with E-state index in [1.165, 1.54) is 4.90 Å². The van der Waals surface area contributed by atoms with Gasteiger partial charge in [0.25, 0.3) is 5.91 Å². The molecule has 1 unspecified atom stereocenters. The van der Waals surface area contributed by atoms with Crippen LogP contribution in [0.4, 0.5) is 11.4 Å². The number of nitrogens with one attached hydrogen (secondary N) is 1. The summed E-state index contributed by atoms with van der Waals surface area (Å²) in [6, 6.07) is 20.2. The number of nitrogens with zero attached hydrogens (tertiary/aromatic N) is 2. The Bertz CT molecular complexity index is 1380. The highest BCUT2D eigenvalue weighted by Crippen LogP contribution is 2.30. The lowest BCUT2D eigenvalue weighted by molar-refractivity contribution is -0.124. The lowest BCUT2D eigenvalue weighted by Crippen LogP contribution is -2.37. The normalized spacial score (nSPS) is 14.7. The van der Waals surface area contributed by atoms with Gasteiger partial charge in [-0.1, -0.05) is 19.1 Å². The first-order chi connectivity index (χ1) is 19.8.